The van der Waals surface area contributed by atoms with E-state index in [0.29, 0.717) is 0 Å². The second kappa shape index (κ2) is 7.94. The van der Waals surface area contributed by atoms with Crippen molar-refractivity contribution in [2.24, 2.45) is 10.2 Å². The number of rotatable bonds is 5. The molecule has 2 heterocycles. The molecule has 2 aliphatic rings. The fraction of sp³-hybridized carbons (Fsp3) is 0.400. The Kier molecular flexibility index (Phi) is 5.67. The van der Waals surface area contributed by atoms with E-state index in [-0.39, 0.29) is 21.7 Å². The summed E-state index contributed by atoms with van der Waals surface area (Å²) in [5.74, 6) is 0.167. The van der Waals surface area contributed by atoms with Gasteiger partial charge in [-0.1, -0.05) is 42.6 Å². The van der Waals surface area contributed by atoms with Gasteiger partial charge in [0.15, 0.2) is 5.50 Å². The molecule has 0 aliphatic carbocycles. The second-order valence-corrected chi connectivity index (χ2v) is 10.8. The smallest absolute Gasteiger partial charge is 0.294 e. The van der Waals surface area contributed by atoms with Crippen molar-refractivity contribution in [3.05, 3.63) is 47.5 Å². The van der Waals surface area contributed by atoms with E-state index < -0.39 is 10.1 Å². The average Bonchev–Trinajstić information content (AvgIpc) is 3.21. The molecule has 29 heavy (non-hydrogen) atoms. The van der Waals surface area contributed by atoms with Crippen molar-refractivity contribution < 1.29 is 13.0 Å². The standard InChI is InChI=1S/C20H23N3O3S3/c1-4-14-15-8-7-13(29(24,25)26)11-17(15)27-19(14)21-22-20-23(5-2)16-9-6-12(3)10-18(16)28-20/h6-11,14,19-20H,4-5H2,1-3H3,(H,24,25,26). The molecule has 154 valence electrons. The largest absolute Gasteiger partial charge is 0.339 e. The minimum absolute atomic E-state index is 0.0782. The van der Waals surface area contributed by atoms with Crippen LogP contribution in [0.15, 0.2) is 61.3 Å². The molecule has 2 aromatic rings. The van der Waals surface area contributed by atoms with Crippen molar-refractivity contribution >= 4 is 39.3 Å². The molecule has 0 spiro atoms. The third-order valence-electron chi connectivity index (χ3n) is 5.26. The lowest BCUT2D eigenvalue weighted by molar-refractivity contribution is 0.483. The molecule has 9 heteroatoms. The average molecular weight is 450 g/mol. The predicted octanol–water partition coefficient (Wildman–Crippen LogP) is 5.54. The Morgan fingerprint density at radius 3 is 2.55 bits per heavy atom. The van der Waals surface area contributed by atoms with Gasteiger partial charge in [-0.3, -0.25) is 4.55 Å². The highest BCUT2D eigenvalue weighted by molar-refractivity contribution is 8.00. The van der Waals surface area contributed by atoms with E-state index in [1.807, 2.05) is 0 Å². The van der Waals surface area contributed by atoms with Gasteiger partial charge < -0.3 is 4.90 Å². The van der Waals surface area contributed by atoms with E-state index in [1.54, 1.807) is 17.8 Å². The third-order valence-corrected chi connectivity index (χ3v) is 8.52. The number of azo groups is 1. The van der Waals surface area contributed by atoms with Crippen molar-refractivity contribution in [1.29, 1.82) is 0 Å². The summed E-state index contributed by atoms with van der Waals surface area (Å²) in [6, 6.07) is 11.2. The van der Waals surface area contributed by atoms with Gasteiger partial charge in [-0.25, -0.2) is 0 Å². The van der Waals surface area contributed by atoms with Crippen LogP contribution in [0.2, 0.25) is 0 Å². The maximum Gasteiger partial charge on any atom is 0.294 e. The molecule has 0 fully saturated rings. The Morgan fingerprint density at radius 1 is 1.07 bits per heavy atom. The van der Waals surface area contributed by atoms with E-state index >= 15 is 0 Å². The number of aryl methyl sites for hydroxylation is 1. The highest BCUT2D eigenvalue weighted by atomic mass is 32.2. The van der Waals surface area contributed by atoms with Crippen LogP contribution in [0.3, 0.4) is 0 Å². The number of thioether (sulfide) groups is 2. The first-order chi connectivity index (χ1) is 13.8. The Morgan fingerprint density at radius 2 is 1.86 bits per heavy atom. The SMILES string of the molecule is CCC1c2ccc(S(=O)(=O)O)cc2SC1N=NC1Sc2cc(C)ccc2N1CC. The fourth-order valence-corrected chi connectivity index (χ4v) is 7.03. The Hall–Kier alpha value is -1.55. The molecule has 3 unspecified atom stereocenters. The molecule has 2 aliphatic heterocycles. The molecule has 0 aromatic heterocycles. The lowest BCUT2D eigenvalue weighted by atomic mass is 9.97. The number of nitrogens with zero attached hydrogens (tertiary/aromatic N) is 3. The molecule has 0 bridgehead atoms. The second-order valence-electron chi connectivity index (χ2n) is 7.13. The third kappa shape index (κ3) is 3.93. The number of hydrogen-bond acceptors (Lipinski definition) is 7. The maximum atomic E-state index is 11.5. The number of benzene rings is 2. The zero-order chi connectivity index (χ0) is 20.8. The van der Waals surface area contributed by atoms with E-state index in [0.717, 1.165) is 23.4 Å². The molecular formula is C20H23N3O3S3. The molecule has 0 amide bonds. The summed E-state index contributed by atoms with van der Waals surface area (Å²) < 4.78 is 32.3. The van der Waals surface area contributed by atoms with Crippen LogP contribution in [0.25, 0.3) is 0 Å². The monoisotopic (exact) mass is 449 g/mol. The van der Waals surface area contributed by atoms with Crippen molar-refractivity contribution in [3.63, 3.8) is 0 Å². The highest BCUT2D eigenvalue weighted by Gasteiger charge is 2.35. The van der Waals surface area contributed by atoms with Crippen LogP contribution in [0.4, 0.5) is 5.69 Å². The minimum atomic E-state index is -4.21. The zero-order valence-electron chi connectivity index (χ0n) is 16.4. The normalized spacial score (nSPS) is 23.6. The molecule has 1 N–H and O–H groups in total. The van der Waals surface area contributed by atoms with Crippen LogP contribution in [-0.4, -0.2) is 30.4 Å². The van der Waals surface area contributed by atoms with Crippen molar-refractivity contribution in [1.82, 2.24) is 0 Å². The van der Waals surface area contributed by atoms with Gasteiger partial charge in [-0.2, -0.15) is 18.6 Å². The van der Waals surface area contributed by atoms with Gasteiger partial charge in [0.1, 0.15) is 5.37 Å². The highest BCUT2D eigenvalue weighted by Crippen LogP contribution is 2.49. The van der Waals surface area contributed by atoms with Crippen molar-refractivity contribution in [2.45, 2.75) is 58.7 Å². The summed E-state index contributed by atoms with van der Waals surface area (Å²) >= 11 is 3.22. The van der Waals surface area contributed by atoms with Crippen molar-refractivity contribution in [2.75, 3.05) is 11.4 Å². The van der Waals surface area contributed by atoms with Crippen LogP contribution in [0.5, 0.6) is 0 Å². The van der Waals surface area contributed by atoms with E-state index in [2.05, 4.69) is 54.1 Å². The first-order valence-corrected chi connectivity index (χ1v) is 12.7. The van der Waals surface area contributed by atoms with Gasteiger partial charge in [0, 0.05) is 22.3 Å². The Bertz CT molecular complexity index is 1070. The van der Waals surface area contributed by atoms with Gasteiger partial charge in [-0.15, -0.1) is 0 Å². The number of anilines is 1. The molecular weight excluding hydrogens is 426 g/mol. The van der Waals surface area contributed by atoms with Gasteiger partial charge in [0.2, 0.25) is 0 Å². The molecule has 3 atom stereocenters. The fourth-order valence-electron chi connectivity index (χ4n) is 3.76. The Balaban J connectivity index is 1.57. The lowest BCUT2D eigenvalue weighted by Gasteiger charge is -2.21. The molecule has 0 radical (unpaired) electrons. The molecule has 4 rings (SSSR count). The summed E-state index contributed by atoms with van der Waals surface area (Å²) in [6.07, 6.45) is 0.879. The van der Waals surface area contributed by atoms with Crippen LogP contribution < -0.4 is 4.90 Å². The Labute approximate surface area is 179 Å². The van der Waals surface area contributed by atoms with Crippen molar-refractivity contribution in [3.8, 4) is 0 Å². The van der Waals surface area contributed by atoms with Gasteiger partial charge in [0.05, 0.1) is 10.6 Å². The number of hydrogen-bond donors (Lipinski definition) is 1. The first-order valence-electron chi connectivity index (χ1n) is 9.53. The number of fused-ring (bicyclic) bond motifs is 2. The van der Waals surface area contributed by atoms with Gasteiger partial charge in [-0.05, 0) is 55.7 Å². The first kappa shape index (κ1) is 20.7. The summed E-state index contributed by atoms with van der Waals surface area (Å²) in [5.41, 5.74) is 3.40. The predicted molar refractivity (Wildman–Crippen MR) is 118 cm³/mol. The topological polar surface area (TPSA) is 82.3 Å². The molecule has 6 nitrogen and oxygen atoms in total. The quantitative estimate of drug-likeness (QED) is 0.477. The summed E-state index contributed by atoms with van der Waals surface area (Å²) in [5, 5.41) is 9.26. The van der Waals surface area contributed by atoms with E-state index in [1.165, 1.54) is 40.0 Å². The minimum Gasteiger partial charge on any atom is -0.339 e. The van der Waals surface area contributed by atoms with E-state index in [9.17, 15) is 13.0 Å². The van der Waals surface area contributed by atoms with Crippen LogP contribution in [0.1, 0.15) is 37.3 Å². The zero-order valence-corrected chi connectivity index (χ0v) is 18.9. The summed E-state index contributed by atoms with van der Waals surface area (Å²) in [6.45, 7) is 7.15. The summed E-state index contributed by atoms with van der Waals surface area (Å²) in [7, 11) is -4.21. The van der Waals surface area contributed by atoms with Crippen LogP contribution in [-0.2, 0) is 10.1 Å². The van der Waals surface area contributed by atoms with Crippen LogP contribution in [0, 0.1) is 6.92 Å². The maximum absolute atomic E-state index is 11.5. The molecule has 0 saturated heterocycles. The van der Waals surface area contributed by atoms with Gasteiger partial charge >= 0.3 is 0 Å². The van der Waals surface area contributed by atoms with Gasteiger partial charge in [0.25, 0.3) is 10.1 Å². The van der Waals surface area contributed by atoms with Crippen LogP contribution >= 0.6 is 23.5 Å². The van der Waals surface area contributed by atoms with E-state index in [4.69, 9.17) is 0 Å². The summed E-state index contributed by atoms with van der Waals surface area (Å²) in [4.78, 5) is 4.24. The molecule has 0 saturated carbocycles. The lowest BCUT2D eigenvalue weighted by Crippen LogP contribution is -2.27. The molecule has 2 aromatic carbocycles.